The highest BCUT2D eigenvalue weighted by Gasteiger charge is 2.22. The molecule has 8 aromatic carbocycles. The van der Waals surface area contributed by atoms with Crippen LogP contribution in [0.5, 0.6) is 0 Å². The van der Waals surface area contributed by atoms with E-state index in [4.69, 9.17) is 59.8 Å². The molecule has 0 aliphatic heterocycles. The summed E-state index contributed by atoms with van der Waals surface area (Å²) in [5, 5.41) is 103. The molecule has 6 heterocycles. The first-order chi connectivity index (χ1) is 47.6. The molecule has 0 saturated carbocycles. The van der Waals surface area contributed by atoms with E-state index in [0.29, 0.717) is 33.7 Å². The van der Waals surface area contributed by atoms with E-state index in [1.165, 1.54) is 28.7 Å². The van der Waals surface area contributed by atoms with Crippen LogP contribution in [0.25, 0.3) is 128 Å². The summed E-state index contributed by atoms with van der Waals surface area (Å²) in [5.41, 5.74) is 3.72. The number of aliphatic carboxylic acids is 4. The van der Waals surface area contributed by atoms with Crippen LogP contribution in [0.4, 0.5) is 0 Å². The highest BCUT2D eigenvalue weighted by Crippen LogP contribution is 2.37. The topological polar surface area (TPSA) is 400 Å². The summed E-state index contributed by atoms with van der Waals surface area (Å²) in [5.74, 6) is -4.92. The minimum atomic E-state index is -1.33. The minimum absolute atomic E-state index is 0.0436. The molecule has 4 N–H and O–H groups in total. The Hall–Kier alpha value is -14.2. The quantitative estimate of drug-likeness (QED) is 0.0547. The first-order valence-corrected chi connectivity index (χ1v) is 30.4. The van der Waals surface area contributed by atoms with Crippen molar-refractivity contribution in [2.45, 2.75) is 6.42 Å². The van der Waals surface area contributed by atoms with Crippen LogP contribution in [0.3, 0.4) is 0 Å². The summed E-state index contributed by atoms with van der Waals surface area (Å²) in [6.07, 6.45) is 3.70. The van der Waals surface area contributed by atoms with Crippen LogP contribution in [-0.4, -0.2) is 85.2 Å². The number of hydrogen-bond donors (Lipinski definition) is 4. The van der Waals surface area contributed by atoms with Crippen molar-refractivity contribution in [3.05, 3.63) is 232 Å². The van der Waals surface area contributed by atoms with Crippen molar-refractivity contribution in [3.63, 3.8) is 0 Å². The minimum Gasteiger partial charge on any atom is -0.480 e. The highest BCUT2D eigenvalue weighted by molar-refractivity contribution is 7.16. The van der Waals surface area contributed by atoms with Crippen molar-refractivity contribution in [2.75, 3.05) is 0 Å². The molecule has 0 spiro atoms. The van der Waals surface area contributed by atoms with Gasteiger partial charge < -0.3 is 29.5 Å². The summed E-state index contributed by atoms with van der Waals surface area (Å²) >= 11 is 2.67. The second kappa shape index (κ2) is 30.1. The number of nitrogens with zero attached hydrogens (tertiary/aromatic N) is 12. The monoisotopic (exact) mass is 1330 g/mol. The molecule has 0 bridgehead atoms. The zero-order valence-electron chi connectivity index (χ0n) is 50.2. The molecule has 0 fully saturated rings. The van der Waals surface area contributed by atoms with E-state index in [1.54, 1.807) is 42.5 Å². The highest BCUT2D eigenvalue weighted by atomic mass is 32.1. The Balaban J connectivity index is 0.000000133. The fourth-order valence-corrected chi connectivity index (χ4v) is 11.5. The van der Waals surface area contributed by atoms with Gasteiger partial charge in [0.2, 0.25) is 5.82 Å². The van der Waals surface area contributed by atoms with Crippen molar-refractivity contribution >= 4 is 108 Å². The molecule has 14 rings (SSSR count). The number of thiophene rings is 2. The first-order valence-electron chi connectivity index (χ1n) is 28.8. The number of carboxylic acid groups (broad SMARTS) is 4. The summed E-state index contributed by atoms with van der Waals surface area (Å²) in [6, 6.07) is 68.7. The van der Waals surface area contributed by atoms with Gasteiger partial charge in [-0.3, -0.25) is 4.79 Å². The van der Waals surface area contributed by atoms with Gasteiger partial charge in [-0.25, -0.2) is 23.6 Å². The summed E-state index contributed by atoms with van der Waals surface area (Å²) in [7, 11) is 0. The largest absolute Gasteiger partial charge is 0.480 e. The number of carbonyl (C=O) groups is 4. The zero-order chi connectivity index (χ0) is 68.7. The molecule has 0 saturated heterocycles. The standard InChI is InChI=1S/C20H13N3O3S.C20H11N3O3S.2C16H9N3O3/c21-11-15(20(24)25)10-16-7-8-17(27-16)18-22-19(26-23-18)14-6-5-12-3-1-2-4-13(12)9-14;21-11-15(20(24)25)10-16-7-8-17(27-16)19-18(22-26-23-19)14-6-5-12-3-1-2-4-13(12)9-14;17-9-13(16(20)21)8-14-18-15(22-19-14)12-6-5-10-3-1-2-4-11(10)7-12;17-9-13(16(20)21)8-14-15(19-22-18-14)12-6-5-10-3-1-2-4-11(10)7-12/h1-9,15H,10H2,(H,24,25);1-10H,(H,24,25);2*1-8H,(H,20,21)/b;15-10+;2*13-8+. The van der Waals surface area contributed by atoms with Crippen LogP contribution in [0.2, 0.25) is 0 Å². The lowest BCUT2D eigenvalue weighted by atomic mass is 10.0. The van der Waals surface area contributed by atoms with Gasteiger partial charge >= 0.3 is 23.9 Å². The van der Waals surface area contributed by atoms with E-state index in [1.807, 2.05) is 176 Å². The van der Waals surface area contributed by atoms with Crippen molar-refractivity contribution in [3.8, 4) is 91.0 Å². The Morgan fingerprint density at radius 2 is 0.867 bits per heavy atom. The van der Waals surface area contributed by atoms with Gasteiger partial charge in [-0.15, -0.1) is 22.7 Å². The van der Waals surface area contributed by atoms with E-state index in [9.17, 15) is 19.2 Å². The Morgan fingerprint density at radius 3 is 1.39 bits per heavy atom. The van der Waals surface area contributed by atoms with Crippen LogP contribution < -0.4 is 0 Å². The van der Waals surface area contributed by atoms with Gasteiger partial charge in [-0.05, 0) is 137 Å². The molecule has 0 amide bonds. The molecule has 6 aromatic heterocycles. The van der Waals surface area contributed by atoms with E-state index in [-0.39, 0.29) is 29.4 Å². The van der Waals surface area contributed by atoms with Gasteiger partial charge in [0.25, 0.3) is 11.8 Å². The average molecular weight is 1330 g/mol. The molecule has 14 aromatic rings. The van der Waals surface area contributed by atoms with Crippen LogP contribution in [0, 0.1) is 51.2 Å². The van der Waals surface area contributed by atoms with Crippen LogP contribution in [0.1, 0.15) is 21.3 Å². The molecule has 98 heavy (non-hydrogen) atoms. The summed E-state index contributed by atoms with van der Waals surface area (Å²) < 4.78 is 20.2. The van der Waals surface area contributed by atoms with Crippen LogP contribution >= 0.6 is 22.7 Å². The predicted octanol–water partition coefficient (Wildman–Crippen LogP) is 14.8. The molecular formula is C72H42N12O12S2. The molecule has 0 aliphatic rings. The first kappa shape index (κ1) is 65.3. The Kier molecular flexibility index (Phi) is 20.0. The van der Waals surface area contributed by atoms with Gasteiger partial charge in [0.05, 0.1) is 15.8 Å². The van der Waals surface area contributed by atoms with Gasteiger partial charge in [0.15, 0.2) is 11.5 Å². The second-order valence-electron chi connectivity index (χ2n) is 20.7. The molecule has 24 nitrogen and oxygen atoms in total. The number of rotatable bonds is 15. The lowest BCUT2D eigenvalue weighted by Crippen LogP contribution is -2.13. The molecule has 1 unspecified atom stereocenters. The van der Waals surface area contributed by atoms with Crippen molar-refractivity contribution < 1.29 is 57.9 Å². The maximum Gasteiger partial charge on any atom is 0.346 e. The van der Waals surface area contributed by atoms with E-state index >= 15 is 0 Å². The van der Waals surface area contributed by atoms with Gasteiger partial charge in [-0.1, -0.05) is 144 Å². The fourth-order valence-electron chi connectivity index (χ4n) is 9.59. The van der Waals surface area contributed by atoms with Gasteiger partial charge in [0.1, 0.15) is 57.9 Å². The fraction of sp³-hybridized carbons (Fsp3) is 0.0278. The normalized spacial score (nSPS) is 11.5. The Labute approximate surface area is 560 Å². The maximum absolute atomic E-state index is 11.0. The smallest absolute Gasteiger partial charge is 0.346 e. The number of aromatic nitrogens is 8. The van der Waals surface area contributed by atoms with E-state index in [2.05, 4.69) is 40.9 Å². The Morgan fingerprint density at radius 1 is 0.429 bits per heavy atom. The third-order valence-electron chi connectivity index (χ3n) is 14.4. The third-order valence-corrected chi connectivity index (χ3v) is 16.5. The van der Waals surface area contributed by atoms with Crippen LogP contribution in [0.15, 0.2) is 229 Å². The molecule has 26 heteroatoms. The van der Waals surface area contributed by atoms with E-state index in [0.717, 1.165) is 92.1 Å². The van der Waals surface area contributed by atoms with Crippen molar-refractivity contribution in [2.24, 2.45) is 5.92 Å². The molecule has 474 valence electrons. The number of fused-ring (bicyclic) bond motifs is 4. The van der Waals surface area contributed by atoms with Crippen LogP contribution in [-0.2, 0) is 25.6 Å². The number of nitriles is 4. The zero-order valence-corrected chi connectivity index (χ0v) is 51.9. The third kappa shape index (κ3) is 15.5. The summed E-state index contributed by atoms with van der Waals surface area (Å²) in [4.78, 5) is 55.2. The van der Waals surface area contributed by atoms with Crippen molar-refractivity contribution in [1.82, 2.24) is 40.9 Å². The molecule has 0 radical (unpaired) electrons. The predicted molar refractivity (Wildman–Crippen MR) is 360 cm³/mol. The maximum atomic E-state index is 11.0. The average Bonchev–Trinajstić information content (AvgIpc) is 1.77. The number of benzene rings is 8. The van der Waals surface area contributed by atoms with Gasteiger partial charge in [-0.2, -0.15) is 31.0 Å². The number of hydrogen-bond acceptors (Lipinski definition) is 22. The van der Waals surface area contributed by atoms with E-state index < -0.39 is 40.9 Å². The molecule has 1 atom stereocenters. The Bertz CT molecular complexity index is 5650. The molecular weight excluding hydrogens is 1290 g/mol. The lowest BCUT2D eigenvalue weighted by Gasteiger charge is -2.01. The lowest BCUT2D eigenvalue weighted by molar-refractivity contribution is -0.140. The number of carboxylic acids is 4. The second-order valence-corrected chi connectivity index (χ2v) is 23.0. The van der Waals surface area contributed by atoms with Crippen molar-refractivity contribution in [1.29, 1.82) is 21.0 Å². The summed E-state index contributed by atoms with van der Waals surface area (Å²) in [6.45, 7) is 0. The molecule has 0 aliphatic carbocycles. The SMILES string of the molecule is N#C/C(=C\c1ccc(-c2nonc2-c2ccc3ccccc3c2)s1)C(=O)O.N#C/C(=C\c1noc(-c2ccc3ccccc3c2)n1)C(=O)O.N#C/C(=C\c1nonc1-c1ccc2ccccc2c1)C(=O)O.N#CC(Cc1ccc(-c2noc(-c3ccc4ccccc4c3)n2)s1)C(=O)O. The van der Waals surface area contributed by atoms with Gasteiger partial charge in [0, 0.05) is 44.5 Å².